The molecule has 1 unspecified atom stereocenters. The number of carbonyl (C=O) groups is 1. The monoisotopic (exact) mass is 168 g/mol. The van der Waals surface area contributed by atoms with Crippen LogP contribution in [0.15, 0.2) is 11.1 Å². The summed E-state index contributed by atoms with van der Waals surface area (Å²) in [5, 5.41) is 0. The van der Waals surface area contributed by atoms with E-state index in [1.165, 1.54) is 18.1 Å². The molecule has 0 bridgehead atoms. The molecule has 0 aromatic heterocycles. The van der Waals surface area contributed by atoms with Gasteiger partial charge in [-0.2, -0.15) is 0 Å². The van der Waals surface area contributed by atoms with E-state index in [0.717, 1.165) is 19.3 Å². The average Bonchev–Trinajstić information content (AvgIpc) is 2.34. The number of rotatable bonds is 1. The Kier molecular flexibility index (Phi) is 2.90. The fourth-order valence-electron chi connectivity index (χ4n) is 1.60. The van der Waals surface area contributed by atoms with Gasteiger partial charge in [0.25, 0.3) is 0 Å². The lowest BCUT2D eigenvalue weighted by molar-refractivity contribution is -0.145. The molecule has 12 heavy (non-hydrogen) atoms. The van der Waals surface area contributed by atoms with Crippen molar-refractivity contribution in [2.45, 2.75) is 46.1 Å². The molecule has 0 saturated heterocycles. The molecule has 68 valence electrons. The zero-order valence-electron chi connectivity index (χ0n) is 8.02. The number of ether oxygens (including phenoxy) is 1. The van der Waals surface area contributed by atoms with Gasteiger partial charge in [-0.1, -0.05) is 11.1 Å². The summed E-state index contributed by atoms with van der Waals surface area (Å²) < 4.78 is 5.12. The summed E-state index contributed by atoms with van der Waals surface area (Å²) in [6.07, 6.45) is 3.19. The minimum absolute atomic E-state index is 0.146. The van der Waals surface area contributed by atoms with E-state index >= 15 is 0 Å². The van der Waals surface area contributed by atoms with Crippen LogP contribution in [0.4, 0.5) is 0 Å². The normalized spacial score (nSPS) is 22.6. The highest BCUT2D eigenvalue weighted by Gasteiger charge is 2.21. The van der Waals surface area contributed by atoms with Crippen molar-refractivity contribution in [1.29, 1.82) is 0 Å². The van der Waals surface area contributed by atoms with Crippen molar-refractivity contribution in [3.63, 3.8) is 0 Å². The number of allylic oxidation sites excluding steroid dienone is 1. The molecule has 1 atom stereocenters. The van der Waals surface area contributed by atoms with Gasteiger partial charge in [-0.25, -0.2) is 0 Å². The summed E-state index contributed by atoms with van der Waals surface area (Å²) >= 11 is 0. The first kappa shape index (κ1) is 9.30. The third-order valence-electron chi connectivity index (χ3n) is 2.28. The summed E-state index contributed by atoms with van der Waals surface area (Å²) in [5.74, 6) is -0.157. The molecule has 1 fully saturated rings. The Morgan fingerprint density at radius 2 is 2.08 bits per heavy atom. The highest BCUT2D eigenvalue weighted by atomic mass is 16.5. The molecule has 2 heteroatoms. The van der Waals surface area contributed by atoms with Gasteiger partial charge in [-0.15, -0.1) is 0 Å². The van der Waals surface area contributed by atoms with Crippen LogP contribution in [0.2, 0.25) is 0 Å². The summed E-state index contributed by atoms with van der Waals surface area (Å²) in [7, 11) is 0. The molecule has 1 rings (SSSR count). The SMILES string of the molecule is CC(=O)OC1CCC(=C(C)C)C1. The lowest BCUT2D eigenvalue weighted by atomic mass is 10.1. The van der Waals surface area contributed by atoms with Crippen molar-refractivity contribution in [1.82, 2.24) is 0 Å². The van der Waals surface area contributed by atoms with Crippen molar-refractivity contribution >= 4 is 5.97 Å². The van der Waals surface area contributed by atoms with Crippen LogP contribution >= 0.6 is 0 Å². The van der Waals surface area contributed by atoms with Crippen molar-refractivity contribution in [3.8, 4) is 0 Å². The number of esters is 1. The van der Waals surface area contributed by atoms with E-state index in [-0.39, 0.29) is 12.1 Å². The molecule has 0 spiro atoms. The maximum atomic E-state index is 10.6. The highest BCUT2D eigenvalue weighted by molar-refractivity contribution is 5.66. The topological polar surface area (TPSA) is 26.3 Å². The Morgan fingerprint density at radius 1 is 1.42 bits per heavy atom. The average molecular weight is 168 g/mol. The quantitative estimate of drug-likeness (QED) is 0.444. The smallest absolute Gasteiger partial charge is 0.302 e. The fourth-order valence-corrected chi connectivity index (χ4v) is 1.60. The molecule has 0 aromatic carbocycles. The van der Waals surface area contributed by atoms with Crippen LogP contribution < -0.4 is 0 Å². The predicted molar refractivity (Wildman–Crippen MR) is 47.8 cm³/mol. The largest absolute Gasteiger partial charge is 0.462 e. The molecule has 0 heterocycles. The Labute approximate surface area is 73.6 Å². The van der Waals surface area contributed by atoms with Crippen LogP contribution in [-0.2, 0) is 9.53 Å². The minimum Gasteiger partial charge on any atom is -0.462 e. The van der Waals surface area contributed by atoms with Gasteiger partial charge < -0.3 is 4.74 Å². The zero-order chi connectivity index (χ0) is 9.14. The van der Waals surface area contributed by atoms with E-state index in [9.17, 15) is 4.79 Å². The summed E-state index contributed by atoms with van der Waals surface area (Å²) in [4.78, 5) is 10.6. The molecule has 2 nitrogen and oxygen atoms in total. The second kappa shape index (κ2) is 3.74. The van der Waals surface area contributed by atoms with Crippen LogP contribution in [0.5, 0.6) is 0 Å². The Bertz CT molecular complexity index is 212. The van der Waals surface area contributed by atoms with Gasteiger partial charge >= 0.3 is 5.97 Å². The maximum absolute atomic E-state index is 10.6. The van der Waals surface area contributed by atoms with Gasteiger partial charge in [0, 0.05) is 13.3 Å². The molecule has 1 saturated carbocycles. The first-order valence-corrected chi connectivity index (χ1v) is 4.42. The molecule has 0 amide bonds. The lowest BCUT2D eigenvalue weighted by Crippen LogP contribution is -2.11. The molecule has 1 aliphatic rings. The minimum atomic E-state index is -0.157. The van der Waals surface area contributed by atoms with Gasteiger partial charge in [0.2, 0.25) is 0 Å². The van der Waals surface area contributed by atoms with Crippen LogP contribution in [0, 0.1) is 0 Å². The van der Waals surface area contributed by atoms with E-state index in [0.29, 0.717) is 0 Å². The molecule has 0 radical (unpaired) electrons. The highest BCUT2D eigenvalue weighted by Crippen LogP contribution is 2.29. The van der Waals surface area contributed by atoms with Crippen LogP contribution in [0.3, 0.4) is 0 Å². The standard InChI is InChI=1S/C10H16O2/c1-7(2)9-4-5-10(6-9)12-8(3)11/h10H,4-6H2,1-3H3. The summed E-state index contributed by atoms with van der Waals surface area (Å²) in [6, 6.07) is 0. The molecular formula is C10H16O2. The van der Waals surface area contributed by atoms with Crippen LogP contribution in [0.1, 0.15) is 40.0 Å². The van der Waals surface area contributed by atoms with Gasteiger partial charge in [0.15, 0.2) is 0 Å². The molecule has 0 N–H and O–H groups in total. The first-order valence-electron chi connectivity index (χ1n) is 4.42. The predicted octanol–water partition coefficient (Wildman–Crippen LogP) is 2.44. The van der Waals surface area contributed by atoms with Crippen molar-refractivity contribution in [2.75, 3.05) is 0 Å². The second-order valence-corrected chi connectivity index (χ2v) is 3.58. The van der Waals surface area contributed by atoms with Gasteiger partial charge in [-0.3, -0.25) is 4.79 Å². The van der Waals surface area contributed by atoms with E-state index in [4.69, 9.17) is 4.74 Å². The number of hydrogen-bond donors (Lipinski definition) is 0. The van der Waals surface area contributed by atoms with Crippen molar-refractivity contribution in [3.05, 3.63) is 11.1 Å². The van der Waals surface area contributed by atoms with Crippen molar-refractivity contribution < 1.29 is 9.53 Å². The van der Waals surface area contributed by atoms with Crippen molar-refractivity contribution in [2.24, 2.45) is 0 Å². The van der Waals surface area contributed by atoms with Gasteiger partial charge in [0.05, 0.1) is 0 Å². The van der Waals surface area contributed by atoms with Crippen LogP contribution in [-0.4, -0.2) is 12.1 Å². The van der Waals surface area contributed by atoms with E-state index in [2.05, 4.69) is 13.8 Å². The van der Waals surface area contributed by atoms with E-state index < -0.39 is 0 Å². The number of carbonyl (C=O) groups excluding carboxylic acids is 1. The maximum Gasteiger partial charge on any atom is 0.302 e. The fraction of sp³-hybridized carbons (Fsp3) is 0.700. The van der Waals surface area contributed by atoms with Gasteiger partial charge in [0.1, 0.15) is 6.10 Å². The zero-order valence-corrected chi connectivity index (χ0v) is 8.02. The number of hydrogen-bond acceptors (Lipinski definition) is 2. The lowest BCUT2D eigenvalue weighted by Gasteiger charge is -2.08. The van der Waals surface area contributed by atoms with Gasteiger partial charge in [-0.05, 0) is 26.7 Å². The third-order valence-corrected chi connectivity index (χ3v) is 2.28. The summed E-state index contributed by atoms with van der Waals surface area (Å²) in [6.45, 7) is 5.71. The second-order valence-electron chi connectivity index (χ2n) is 3.58. The Balaban J connectivity index is 2.46. The molecule has 0 aromatic rings. The molecule has 1 aliphatic carbocycles. The Morgan fingerprint density at radius 3 is 2.50 bits per heavy atom. The molecule has 0 aliphatic heterocycles. The molecular weight excluding hydrogens is 152 g/mol. The Hall–Kier alpha value is -0.790. The third kappa shape index (κ3) is 2.36. The summed E-state index contributed by atoms with van der Waals surface area (Å²) in [5.41, 5.74) is 2.84. The first-order chi connectivity index (χ1) is 5.59. The van der Waals surface area contributed by atoms with E-state index in [1.54, 1.807) is 0 Å². The van der Waals surface area contributed by atoms with E-state index in [1.807, 2.05) is 0 Å². The van der Waals surface area contributed by atoms with Crippen LogP contribution in [0.25, 0.3) is 0 Å².